The smallest absolute Gasteiger partial charge is 0.254 e. The molecule has 24 heavy (non-hydrogen) atoms. The number of hydrogen-bond acceptors (Lipinski definition) is 3. The Hall–Kier alpha value is -1.88. The first-order valence-corrected chi connectivity index (χ1v) is 8.74. The van der Waals surface area contributed by atoms with Crippen molar-refractivity contribution in [1.82, 2.24) is 10.2 Å². The second-order valence-corrected chi connectivity index (χ2v) is 7.16. The first-order valence-electron chi connectivity index (χ1n) is 8.74. The van der Waals surface area contributed by atoms with Crippen LogP contribution in [0, 0.1) is 12.8 Å². The Kier molecular flexibility index (Phi) is 5.99. The summed E-state index contributed by atoms with van der Waals surface area (Å²) < 4.78 is 0. The number of benzene rings is 1. The van der Waals surface area contributed by atoms with Crippen LogP contribution in [0.15, 0.2) is 18.2 Å². The van der Waals surface area contributed by atoms with Gasteiger partial charge in [-0.3, -0.25) is 9.59 Å². The molecule has 1 aromatic rings. The van der Waals surface area contributed by atoms with Crippen molar-refractivity contribution in [2.24, 2.45) is 5.92 Å². The van der Waals surface area contributed by atoms with Crippen molar-refractivity contribution in [1.29, 1.82) is 0 Å². The maximum absolute atomic E-state index is 12.8. The van der Waals surface area contributed by atoms with E-state index < -0.39 is 0 Å². The second kappa shape index (κ2) is 7.79. The van der Waals surface area contributed by atoms with E-state index in [0.717, 1.165) is 24.3 Å². The van der Waals surface area contributed by atoms with Crippen LogP contribution in [0.5, 0.6) is 0 Å². The average Bonchev–Trinajstić information content (AvgIpc) is 2.50. The Labute approximate surface area is 144 Å². The first kappa shape index (κ1) is 18.5. The Morgan fingerprint density at radius 3 is 2.67 bits per heavy atom. The number of anilines is 1. The third-order valence-electron chi connectivity index (χ3n) is 4.64. The molecule has 0 spiro atoms. The molecule has 0 aromatic heterocycles. The molecule has 0 saturated carbocycles. The fraction of sp³-hybridized carbons (Fsp3) is 0.579. The minimum absolute atomic E-state index is 0.0109. The highest BCUT2D eigenvalue weighted by Crippen LogP contribution is 2.20. The standard InChI is InChI=1S/C19H29N3O2/c1-12(2)10-18(23)21-17-7-6-16(11-13(17)3)19(24)22-9-8-20-14(4)15(22)5/h6-7,11-12,14-15,20H,8-10H2,1-5H3,(H,21,23). The van der Waals surface area contributed by atoms with E-state index >= 15 is 0 Å². The molecule has 0 radical (unpaired) electrons. The molecule has 0 bridgehead atoms. The van der Waals surface area contributed by atoms with E-state index in [1.54, 1.807) is 6.07 Å². The Bertz CT molecular complexity index is 613. The molecule has 5 nitrogen and oxygen atoms in total. The molecule has 2 atom stereocenters. The van der Waals surface area contributed by atoms with Gasteiger partial charge in [0.05, 0.1) is 0 Å². The highest BCUT2D eigenvalue weighted by Gasteiger charge is 2.28. The Balaban J connectivity index is 2.11. The van der Waals surface area contributed by atoms with Crippen LogP contribution in [0.4, 0.5) is 5.69 Å². The number of aryl methyl sites for hydroxylation is 1. The lowest BCUT2D eigenvalue weighted by Gasteiger charge is -2.38. The normalized spacial score (nSPS) is 21.0. The quantitative estimate of drug-likeness (QED) is 0.892. The Morgan fingerprint density at radius 1 is 1.33 bits per heavy atom. The molecule has 1 saturated heterocycles. The van der Waals surface area contributed by atoms with Gasteiger partial charge in [-0.25, -0.2) is 0 Å². The van der Waals surface area contributed by atoms with Crippen LogP contribution >= 0.6 is 0 Å². The average molecular weight is 331 g/mol. The number of nitrogens with one attached hydrogen (secondary N) is 2. The minimum atomic E-state index is 0.0109. The number of carbonyl (C=O) groups excluding carboxylic acids is 2. The lowest BCUT2D eigenvalue weighted by atomic mass is 10.0. The van der Waals surface area contributed by atoms with Crippen molar-refractivity contribution in [2.75, 3.05) is 18.4 Å². The van der Waals surface area contributed by atoms with Gasteiger partial charge in [-0.05, 0) is 50.5 Å². The molecule has 1 fully saturated rings. The van der Waals surface area contributed by atoms with Crippen LogP contribution in [0.3, 0.4) is 0 Å². The maximum atomic E-state index is 12.8. The molecule has 2 N–H and O–H groups in total. The summed E-state index contributed by atoms with van der Waals surface area (Å²) in [4.78, 5) is 26.6. The van der Waals surface area contributed by atoms with Crippen LogP contribution in [-0.4, -0.2) is 41.9 Å². The molecule has 2 unspecified atom stereocenters. The van der Waals surface area contributed by atoms with E-state index in [1.165, 1.54) is 0 Å². The van der Waals surface area contributed by atoms with Crippen LogP contribution in [0.25, 0.3) is 0 Å². The monoisotopic (exact) mass is 331 g/mol. The van der Waals surface area contributed by atoms with Crippen molar-refractivity contribution >= 4 is 17.5 Å². The van der Waals surface area contributed by atoms with E-state index in [-0.39, 0.29) is 17.9 Å². The lowest BCUT2D eigenvalue weighted by Crippen LogP contribution is -2.57. The van der Waals surface area contributed by atoms with Gasteiger partial charge in [0.2, 0.25) is 5.91 Å². The zero-order chi connectivity index (χ0) is 17.9. The van der Waals surface area contributed by atoms with Crippen molar-refractivity contribution in [3.63, 3.8) is 0 Å². The van der Waals surface area contributed by atoms with Gasteiger partial charge < -0.3 is 15.5 Å². The van der Waals surface area contributed by atoms with Crippen LogP contribution in [-0.2, 0) is 4.79 Å². The highest BCUT2D eigenvalue weighted by atomic mass is 16.2. The first-order chi connectivity index (χ1) is 11.3. The van der Waals surface area contributed by atoms with E-state index in [2.05, 4.69) is 24.5 Å². The van der Waals surface area contributed by atoms with Crippen LogP contribution in [0.1, 0.15) is 50.0 Å². The predicted octanol–water partition coefficient (Wildman–Crippen LogP) is 2.80. The van der Waals surface area contributed by atoms with E-state index in [1.807, 2.05) is 37.8 Å². The molecule has 1 aromatic carbocycles. The number of nitrogens with zero attached hydrogens (tertiary/aromatic N) is 1. The summed E-state index contributed by atoms with van der Waals surface area (Å²) in [6.07, 6.45) is 0.496. The van der Waals surface area contributed by atoms with E-state index in [9.17, 15) is 9.59 Å². The molecule has 2 rings (SSSR count). The molecule has 1 heterocycles. The third kappa shape index (κ3) is 4.35. The van der Waals surface area contributed by atoms with Crippen molar-refractivity contribution in [2.45, 2.75) is 53.1 Å². The van der Waals surface area contributed by atoms with Gasteiger partial charge in [-0.2, -0.15) is 0 Å². The summed E-state index contributed by atoms with van der Waals surface area (Å²) in [6, 6.07) is 5.96. The van der Waals surface area contributed by atoms with Gasteiger partial charge in [0.15, 0.2) is 0 Å². The highest BCUT2D eigenvalue weighted by molar-refractivity contribution is 5.96. The molecule has 132 valence electrons. The molecular formula is C19H29N3O2. The van der Waals surface area contributed by atoms with Gasteiger partial charge in [0.1, 0.15) is 0 Å². The molecule has 5 heteroatoms. The van der Waals surface area contributed by atoms with Gasteiger partial charge >= 0.3 is 0 Å². The zero-order valence-electron chi connectivity index (χ0n) is 15.3. The number of hydrogen-bond donors (Lipinski definition) is 2. The van der Waals surface area contributed by atoms with Gasteiger partial charge in [0, 0.05) is 42.8 Å². The maximum Gasteiger partial charge on any atom is 0.254 e. The number of carbonyl (C=O) groups is 2. The van der Waals surface area contributed by atoms with Crippen molar-refractivity contribution in [3.8, 4) is 0 Å². The summed E-state index contributed by atoms with van der Waals surface area (Å²) in [6.45, 7) is 11.7. The Morgan fingerprint density at radius 2 is 2.04 bits per heavy atom. The van der Waals surface area contributed by atoms with Crippen LogP contribution in [0.2, 0.25) is 0 Å². The topological polar surface area (TPSA) is 61.4 Å². The van der Waals surface area contributed by atoms with E-state index in [4.69, 9.17) is 0 Å². The predicted molar refractivity (Wildman–Crippen MR) is 97.2 cm³/mol. The van der Waals surface area contributed by atoms with Gasteiger partial charge in [-0.15, -0.1) is 0 Å². The summed E-state index contributed by atoms with van der Waals surface area (Å²) in [5.74, 6) is 0.387. The largest absolute Gasteiger partial charge is 0.333 e. The number of amides is 2. The summed E-state index contributed by atoms with van der Waals surface area (Å²) in [7, 11) is 0. The molecule has 0 aliphatic carbocycles. The zero-order valence-corrected chi connectivity index (χ0v) is 15.3. The summed E-state index contributed by atoms with van der Waals surface area (Å²) in [5.41, 5.74) is 2.36. The second-order valence-electron chi connectivity index (χ2n) is 7.16. The molecule has 2 amide bonds. The summed E-state index contributed by atoms with van der Waals surface area (Å²) in [5, 5.41) is 6.31. The van der Waals surface area contributed by atoms with E-state index in [0.29, 0.717) is 23.9 Å². The van der Waals surface area contributed by atoms with Crippen LogP contribution < -0.4 is 10.6 Å². The van der Waals surface area contributed by atoms with Gasteiger partial charge in [-0.1, -0.05) is 13.8 Å². The SMILES string of the molecule is Cc1cc(C(=O)N2CCNC(C)C2C)ccc1NC(=O)CC(C)C. The third-order valence-corrected chi connectivity index (χ3v) is 4.64. The number of piperazine rings is 1. The minimum Gasteiger partial charge on any atom is -0.333 e. The fourth-order valence-electron chi connectivity index (χ4n) is 3.02. The summed E-state index contributed by atoms with van der Waals surface area (Å²) >= 11 is 0. The van der Waals surface area contributed by atoms with Crippen molar-refractivity contribution in [3.05, 3.63) is 29.3 Å². The lowest BCUT2D eigenvalue weighted by molar-refractivity contribution is -0.116. The fourth-order valence-corrected chi connectivity index (χ4v) is 3.02. The number of rotatable bonds is 4. The van der Waals surface area contributed by atoms with Crippen molar-refractivity contribution < 1.29 is 9.59 Å². The molecule has 1 aliphatic heterocycles. The molecule has 1 aliphatic rings. The van der Waals surface area contributed by atoms with Gasteiger partial charge in [0.25, 0.3) is 5.91 Å². The molecular weight excluding hydrogens is 302 g/mol.